The normalized spacial score (nSPS) is 12.1. The van der Waals surface area contributed by atoms with Crippen LogP contribution in [0.15, 0.2) is 64.7 Å². The van der Waals surface area contributed by atoms with Crippen LogP contribution in [0.3, 0.4) is 0 Å². The molecule has 0 bridgehead atoms. The summed E-state index contributed by atoms with van der Waals surface area (Å²) in [6, 6.07) is 12.4. The third kappa shape index (κ3) is 5.73. The molecular weight excluding hydrogens is 324 g/mol. The van der Waals surface area contributed by atoms with Gasteiger partial charge in [-0.05, 0) is 31.2 Å². The van der Waals surface area contributed by atoms with Gasteiger partial charge in [0.2, 0.25) is 0 Å². The van der Waals surface area contributed by atoms with E-state index in [1.54, 1.807) is 30.3 Å². The van der Waals surface area contributed by atoms with E-state index in [1.807, 2.05) is 31.5 Å². The number of nitrogens with zero attached hydrogens (tertiary/aromatic N) is 2. The average Bonchev–Trinajstić information content (AvgIpc) is 3.09. The lowest BCUT2D eigenvalue weighted by atomic mass is 10.4. The Hall–Kier alpha value is -2.28. The van der Waals surface area contributed by atoms with Gasteiger partial charge >= 0.3 is 0 Å². The Kier molecular flexibility index (Phi) is 6.87. The average molecular weight is 348 g/mol. The van der Waals surface area contributed by atoms with Crippen LogP contribution in [0.2, 0.25) is 0 Å². The van der Waals surface area contributed by atoms with Gasteiger partial charge in [-0.1, -0.05) is 18.2 Å². The molecule has 0 atom stereocenters. The highest BCUT2D eigenvalue weighted by molar-refractivity contribution is 7.91. The van der Waals surface area contributed by atoms with Crippen LogP contribution in [0.1, 0.15) is 6.92 Å². The van der Waals surface area contributed by atoms with Crippen molar-refractivity contribution in [3.8, 4) is 0 Å². The molecule has 0 amide bonds. The fraction of sp³-hybridized carbons (Fsp3) is 0.353. The van der Waals surface area contributed by atoms with Crippen molar-refractivity contribution >= 4 is 15.8 Å². The maximum Gasteiger partial charge on any atom is 0.191 e. The summed E-state index contributed by atoms with van der Waals surface area (Å²) < 4.78 is 26.5. The smallest absolute Gasteiger partial charge is 0.191 e. The zero-order chi connectivity index (χ0) is 17.3. The first-order valence-electron chi connectivity index (χ1n) is 8.02. The summed E-state index contributed by atoms with van der Waals surface area (Å²) in [5, 5.41) is 6.33. The van der Waals surface area contributed by atoms with Gasteiger partial charge in [0, 0.05) is 32.0 Å². The maximum atomic E-state index is 12.2. The lowest BCUT2D eigenvalue weighted by molar-refractivity contribution is 0.595. The number of rotatable bonds is 8. The van der Waals surface area contributed by atoms with E-state index >= 15 is 0 Å². The van der Waals surface area contributed by atoms with Crippen LogP contribution in [0, 0.1) is 0 Å². The second kappa shape index (κ2) is 9.12. The van der Waals surface area contributed by atoms with E-state index in [4.69, 9.17) is 0 Å². The highest BCUT2D eigenvalue weighted by atomic mass is 32.2. The van der Waals surface area contributed by atoms with Gasteiger partial charge in [-0.25, -0.2) is 8.42 Å². The minimum atomic E-state index is -3.29. The van der Waals surface area contributed by atoms with Crippen molar-refractivity contribution in [3.05, 3.63) is 54.9 Å². The quantitative estimate of drug-likeness (QED) is 0.560. The number of hydrogen-bond acceptors (Lipinski definition) is 3. The minimum Gasteiger partial charge on any atom is -0.357 e. The predicted molar refractivity (Wildman–Crippen MR) is 96.9 cm³/mol. The summed E-state index contributed by atoms with van der Waals surface area (Å²) in [6.45, 7) is 4.45. The molecule has 0 fully saturated rings. The molecule has 1 aromatic carbocycles. The molecule has 6 nitrogen and oxygen atoms in total. The van der Waals surface area contributed by atoms with E-state index in [0.717, 1.165) is 13.1 Å². The van der Waals surface area contributed by atoms with Gasteiger partial charge in [-0.2, -0.15) is 0 Å². The van der Waals surface area contributed by atoms with Gasteiger partial charge in [0.25, 0.3) is 0 Å². The van der Waals surface area contributed by atoms with Crippen LogP contribution < -0.4 is 10.6 Å². The molecule has 2 aromatic rings. The van der Waals surface area contributed by atoms with Gasteiger partial charge in [-0.3, -0.25) is 4.99 Å². The summed E-state index contributed by atoms with van der Waals surface area (Å²) in [5.74, 6) is 0.624. The van der Waals surface area contributed by atoms with E-state index < -0.39 is 9.84 Å². The fourth-order valence-electron chi connectivity index (χ4n) is 2.19. The number of sulfone groups is 1. The Labute approximate surface area is 143 Å². The number of nitrogens with one attached hydrogen (secondary N) is 2. The second-order valence-electron chi connectivity index (χ2n) is 5.24. The molecule has 0 aliphatic carbocycles. The molecule has 0 aliphatic heterocycles. The Balaban J connectivity index is 1.86. The van der Waals surface area contributed by atoms with E-state index in [-0.39, 0.29) is 12.3 Å². The molecule has 7 heteroatoms. The van der Waals surface area contributed by atoms with E-state index in [1.165, 1.54) is 0 Å². The molecule has 24 heavy (non-hydrogen) atoms. The highest BCUT2D eigenvalue weighted by Gasteiger charge is 2.13. The van der Waals surface area contributed by atoms with Gasteiger partial charge < -0.3 is 15.2 Å². The van der Waals surface area contributed by atoms with Crippen molar-refractivity contribution in [3.63, 3.8) is 0 Å². The Morgan fingerprint density at radius 1 is 1.08 bits per heavy atom. The lowest BCUT2D eigenvalue weighted by Gasteiger charge is -2.11. The van der Waals surface area contributed by atoms with Crippen LogP contribution >= 0.6 is 0 Å². The SMILES string of the molecule is CCNC(=NCCS(=O)(=O)c1ccccc1)NCCn1cccc1. The van der Waals surface area contributed by atoms with Gasteiger partial charge in [-0.15, -0.1) is 0 Å². The van der Waals surface area contributed by atoms with E-state index in [9.17, 15) is 8.42 Å². The monoisotopic (exact) mass is 348 g/mol. The summed E-state index contributed by atoms with van der Waals surface area (Å²) in [4.78, 5) is 4.69. The molecule has 0 unspecified atom stereocenters. The maximum absolute atomic E-state index is 12.2. The third-order valence-electron chi connectivity index (χ3n) is 3.41. The second-order valence-corrected chi connectivity index (χ2v) is 7.35. The number of aromatic nitrogens is 1. The zero-order valence-corrected chi connectivity index (χ0v) is 14.7. The number of aliphatic imine (C=N–C) groups is 1. The highest BCUT2D eigenvalue weighted by Crippen LogP contribution is 2.09. The first-order valence-corrected chi connectivity index (χ1v) is 9.68. The van der Waals surface area contributed by atoms with Crippen LogP contribution in [0.4, 0.5) is 0 Å². The summed E-state index contributed by atoms with van der Waals surface area (Å²) >= 11 is 0. The largest absolute Gasteiger partial charge is 0.357 e. The summed E-state index contributed by atoms with van der Waals surface area (Å²) in [7, 11) is -3.29. The topological polar surface area (TPSA) is 75.5 Å². The van der Waals surface area contributed by atoms with E-state index in [2.05, 4.69) is 20.2 Å². The van der Waals surface area contributed by atoms with Crippen LogP contribution in [-0.2, 0) is 16.4 Å². The minimum absolute atomic E-state index is 0.00874. The Morgan fingerprint density at radius 2 is 1.79 bits per heavy atom. The first kappa shape index (κ1) is 18.1. The van der Waals surface area contributed by atoms with Gasteiger partial charge in [0.1, 0.15) is 0 Å². The van der Waals surface area contributed by atoms with Gasteiger partial charge in [0.05, 0.1) is 17.2 Å². The molecule has 0 saturated carbocycles. The molecule has 2 N–H and O–H groups in total. The summed E-state index contributed by atoms with van der Waals surface area (Å²) in [5.41, 5.74) is 0. The van der Waals surface area contributed by atoms with Crippen molar-refractivity contribution < 1.29 is 8.42 Å². The van der Waals surface area contributed by atoms with Crippen molar-refractivity contribution in [1.29, 1.82) is 0 Å². The molecule has 0 radical (unpaired) electrons. The lowest BCUT2D eigenvalue weighted by Crippen LogP contribution is -2.39. The van der Waals surface area contributed by atoms with Crippen molar-refractivity contribution in [2.75, 3.05) is 25.4 Å². The molecular formula is C17H24N4O2S. The molecule has 0 saturated heterocycles. The molecule has 130 valence electrons. The number of guanidine groups is 1. The molecule has 0 aliphatic rings. The first-order chi connectivity index (χ1) is 11.6. The number of benzene rings is 1. The molecule has 0 spiro atoms. The third-order valence-corrected chi connectivity index (χ3v) is 5.12. The Bertz CT molecular complexity index is 725. The van der Waals surface area contributed by atoms with Crippen LogP contribution in [-0.4, -0.2) is 44.3 Å². The van der Waals surface area contributed by atoms with Crippen molar-refractivity contribution in [2.24, 2.45) is 4.99 Å². The van der Waals surface area contributed by atoms with Crippen molar-refractivity contribution in [1.82, 2.24) is 15.2 Å². The molecule has 1 aromatic heterocycles. The zero-order valence-electron chi connectivity index (χ0n) is 13.9. The van der Waals surface area contributed by atoms with Crippen molar-refractivity contribution in [2.45, 2.75) is 18.4 Å². The summed E-state index contributed by atoms with van der Waals surface area (Å²) in [6.07, 6.45) is 4.00. The fourth-order valence-corrected chi connectivity index (χ4v) is 3.33. The Morgan fingerprint density at radius 3 is 2.46 bits per heavy atom. The standard InChI is InChI=1S/C17H24N4O2S/c1-2-18-17(19-10-14-21-12-6-7-13-21)20-11-15-24(22,23)16-8-4-3-5-9-16/h3-9,12-13H,2,10-11,14-15H2,1H3,(H2,18,19,20). The van der Waals surface area contributed by atoms with Crippen LogP contribution in [0.25, 0.3) is 0 Å². The number of hydrogen-bond donors (Lipinski definition) is 2. The van der Waals surface area contributed by atoms with E-state index in [0.29, 0.717) is 17.4 Å². The molecule has 1 heterocycles. The van der Waals surface area contributed by atoms with Gasteiger partial charge in [0.15, 0.2) is 15.8 Å². The molecule has 2 rings (SSSR count). The predicted octanol–water partition coefficient (Wildman–Crippen LogP) is 1.52. The van der Waals surface area contributed by atoms with Crippen LogP contribution in [0.5, 0.6) is 0 Å².